The largest absolute Gasteiger partial charge is 0.494 e. The minimum Gasteiger partial charge on any atom is -0.494 e. The molecule has 16 heavy (non-hydrogen) atoms. The third-order valence-electron chi connectivity index (χ3n) is 2.04. The number of nitrogen functional groups attached to an aromatic ring is 1. The Kier molecular flexibility index (Phi) is 2.47. The summed E-state index contributed by atoms with van der Waals surface area (Å²) in [5, 5.41) is 0. The van der Waals surface area contributed by atoms with E-state index in [4.69, 9.17) is 10.2 Å². The Morgan fingerprint density at radius 1 is 1.31 bits per heavy atom. The Morgan fingerprint density at radius 2 is 2.06 bits per heavy atom. The van der Waals surface area contributed by atoms with Crippen LogP contribution in [0.5, 0.6) is 5.75 Å². The van der Waals surface area contributed by atoms with E-state index in [0.29, 0.717) is 0 Å². The molecular formula is C10H8F2N2O2. The van der Waals surface area contributed by atoms with Crippen LogP contribution in [0.2, 0.25) is 0 Å². The number of nitrogens with zero attached hydrogens (tertiary/aromatic N) is 1. The van der Waals surface area contributed by atoms with Crippen LogP contribution < -0.4 is 10.5 Å². The number of aromatic nitrogens is 1. The van der Waals surface area contributed by atoms with Gasteiger partial charge in [-0.25, -0.2) is 8.78 Å². The molecule has 0 spiro atoms. The molecule has 1 aromatic heterocycles. The van der Waals surface area contributed by atoms with Crippen LogP contribution in [0, 0.1) is 11.6 Å². The topological polar surface area (TPSA) is 61.3 Å². The van der Waals surface area contributed by atoms with Crippen molar-refractivity contribution in [2.75, 3.05) is 12.8 Å². The monoisotopic (exact) mass is 226 g/mol. The molecule has 0 fully saturated rings. The van der Waals surface area contributed by atoms with Gasteiger partial charge in [0.15, 0.2) is 11.6 Å². The normalized spacial score (nSPS) is 10.4. The number of hydrogen-bond acceptors (Lipinski definition) is 4. The van der Waals surface area contributed by atoms with Crippen molar-refractivity contribution in [3.05, 3.63) is 30.0 Å². The Labute approximate surface area is 89.7 Å². The molecular weight excluding hydrogens is 218 g/mol. The lowest BCUT2D eigenvalue weighted by atomic mass is 10.1. The van der Waals surface area contributed by atoms with Crippen molar-refractivity contribution in [1.82, 2.24) is 4.98 Å². The second-order valence-electron chi connectivity index (χ2n) is 3.04. The van der Waals surface area contributed by atoms with Gasteiger partial charge < -0.3 is 14.9 Å². The number of ether oxygens (including phenoxy) is 1. The van der Waals surface area contributed by atoms with E-state index in [1.165, 1.54) is 7.11 Å². The minimum atomic E-state index is -0.680. The Hall–Kier alpha value is -2.11. The van der Waals surface area contributed by atoms with Crippen LogP contribution in [0.1, 0.15) is 0 Å². The maximum Gasteiger partial charge on any atom is 0.292 e. The zero-order chi connectivity index (χ0) is 11.7. The summed E-state index contributed by atoms with van der Waals surface area (Å²) in [5.41, 5.74) is 5.35. The van der Waals surface area contributed by atoms with Crippen molar-refractivity contribution < 1.29 is 17.9 Å². The second-order valence-corrected chi connectivity index (χ2v) is 3.04. The lowest BCUT2D eigenvalue weighted by molar-refractivity contribution is 0.383. The zero-order valence-electron chi connectivity index (χ0n) is 8.33. The fourth-order valence-corrected chi connectivity index (χ4v) is 1.29. The number of methoxy groups -OCH3 is 1. The first-order valence-corrected chi connectivity index (χ1v) is 4.36. The second kappa shape index (κ2) is 3.80. The predicted octanol–water partition coefficient (Wildman–Crippen LogP) is 2.21. The highest BCUT2D eigenvalue weighted by Gasteiger charge is 2.14. The molecule has 1 heterocycles. The lowest BCUT2D eigenvalue weighted by Gasteiger charge is -2.04. The summed E-state index contributed by atoms with van der Waals surface area (Å²) in [7, 11) is 1.26. The zero-order valence-corrected chi connectivity index (χ0v) is 8.33. The molecule has 4 nitrogen and oxygen atoms in total. The van der Waals surface area contributed by atoms with Gasteiger partial charge in [0.05, 0.1) is 7.11 Å². The summed E-state index contributed by atoms with van der Waals surface area (Å²) in [5.74, 6) is -1.51. The summed E-state index contributed by atoms with van der Waals surface area (Å²) >= 11 is 0. The summed E-state index contributed by atoms with van der Waals surface area (Å²) in [6.45, 7) is 0. The van der Waals surface area contributed by atoms with Crippen molar-refractivity contribution in [2.24, 2.45) is 0 Å². The fourth-order valence-electron chi connectivity index (χ4n) is 1.29. The highest BCUT2D eigenvalue weighted by atomic mass is 19.1. The van der Waals surface area contributed by atoms with E-state index in [-0.39, 0.29) is 23.0 Å². The molecule has 6 heteroatoms. The van der Waals surface area contributed by atoms with E-state index in [1.807, 2.05) is 0 Å². The van der Waals surface area contributed by atoms with Crippen LogP contribution in [-0.4, -0.2) is 12.1 Å². The summed E-state index contributed by atoms with van der Waals surface area (Å²) < 4.78 is 36.2. The van der Waals surface area contributed by atoms with Gasteiger partial charge in [-0.05, 0) is 6.07 Å². The van der Waals surface area contributed by atoms with Gasteiger partial charge in [0.1, 0.15) is 17.8 Å². The predicted molar refractivity (Wildman–Crippen MR) is 52.8 cm³/mol. The minimum absolute atomic E-state index is 0.0289. The number of hydrogen-bond donors (Lipinski definition) is 1. The molecule has 0 aliphatic rings. The standard InChI is InChI=1S/C10H8F2N2O2/c1-15-9-3-6(11)5(2-7(9)12)8-4-16-10(13)14-8/h2-4H,1H3,(H2,13,14). The van der Waals surface area contributed by atoms with Crippen LogP contribution in [-0.2, 0) is 0 Å². The van der Waals surface area contributed by atoms with Crippen molar-refractivity contribution in [3.63, 3.8) is 0 Å². The van der Waals surface area contributed by atoms with E-state index in [9.17, 15) is 8.78 Å². The Balaban J connectivity index is 2.54. The molecule has 0 saturated heterocycles. The van der Waals surface area contributed by atoms with Gasteiger partial charge in [-0.1, -0.05) is 0 Å². The SMILES string of the molecule is COc1cc(F)c(-c2coc(N)n2)cc1F. The smallest absolute Gasteiger partial charge is 0.292 e. The lowest BCUT2D eigenvalue weighted by Crippen LogP contribution is -1.93. The molecule has 84 valence electrons. The van der Waals surface area contributed by atoms with Crippen molar-refractivity contribution in [1.29, 1.82) is 0 Å². The number of benzene rings is 1. The Morgan fingerprint density at radius 3 is 2.62 bits per heavy atom. The molecule has 1 aromatic carbocycles. The quantitative estimate of drug-likeness (QED) is 0.852. The first kappa shape index (κ1) is 10.4. The highest BCUT2D eigenvalue weighted by molar-refractivity contribution is 5.61. The van der Waals surface area contributed by atoms with Gasteiger partial charge in [-0.15, -0.1) is 0 Å². The molecule has 2 aromatic rings. The molecule has 0 radical (unpaired) electrons. The summed E-state index contributed by atoms with van der Waals surface area (Å²) in [4.78, 5) is 3.70. The molecule has 0 amide bonds. The first-order chi connectivity index (χ1) is 7.61. The van der Waals surface area contributed by atoms with Crippen LogP contribution >= 0.6 is 0 Å². The molecule has 2 rings (SSSR count). The molecule has 0 aliphatic heterocycles. The number of rotatable bonds is 2. The van der Waals surface area contributed by atoms with E-state index in [1.54, 1.807) is 0 Å². The van der Waals surface area contributed by atoms with Crippen molar-refractivity contribution in [2.45, 2.75) is 0 Å². The van der Waals surface area contributed by atoms with Gasteiger partial charge in [0, 0.05) is 11.6 Å². The van der Waals surface area contributed by atoms with Gasteiger partial charge >= 0.3 is 0 Å². The van der Waals surface area contributed by atoms with E-state index in [0.717, 1.165) is 18.4 Å². The van der Waals surface area contributed by atoms with Gasteiger partial charge in [-0.2, -0.15) is 4.98 Å². The van der Waals surface area contributed by atoms with E-state index < -0.39 is 11.6 Å². The van der Waals surface area contributed by atoms with Crippen LogP contribution in [0.4, 0.5) is 14.8 Å². The summed E-state index contributed by atoms with van der Waals surface area (Å²) in [6.07, 6.45) is 1.15. The first-order valence-electron chi connectivity index (χ1n) is 4.36. The maximum absolute atomic E-state index is 13.5. The van der Waals surface area contributed by atoms with Gasteiger partial charge in [0.25, 0.3) is 6.01 Å². The summed E-state index contributed by atoms with van der Waals surface area (Å²) in [6, 6.07) is 1.81. The third-order valence-corrected chi connectivity index (χ3v) is 2.04. The van der Waals surface area contributed by atoms with Crippen molar-refractivity contribution in [3.8, 4) is 17.0 Å². The van der Waals surface area contributed by atoms with Crippen LogP contribution in [0.3, 0.4) is 0 Å². The molecule has 2 N–H and O–H groups in total. The van der Waals surface area contributed by atoms with Gasteiger partial charge in [0.2, 0.25) is 0 Å². The molecule has 0 bridgehead atoms. The molecule has 0 aliphatic carbocycles. The fraction of sp³-hybridized carbons (Fsp3) is 0.100. The highest BCUT2D eigenvalue weighted by Crippen LogP contribution is 2.28. The number of oxazole rings is 1. The third kappa shape index (κ3) is 1.69. The van der Waals surface area contributed by atoms with Crippen LogP contribution in [0.25, 0.3) is 11.3 Å². The average molecular weight is 226 g/mol. The molecule has 0 saturated carbocycles. The van der Waals surface area contributed by atoms with E-state index in [2.05, 4.69) is 9.72 Å². The van der Waals surface area contributed by atoms with Crippen LogP contribution in [0.15, 0.2) is 22.8 Å². The Bertz CT molecular complexity index is 526. The number of halogens is 2. The molecule has 0 atom stereocenters. The number of anilines is 1. The maximum atomic E-state index is 13.5. The average Bonchev–Trinajstić information content (AvgIpc) is 2.67. The van der Waals surface area contributed by atoms with Gasteiger partial charge in [-0.3, -0.25) is 0 Å². The van der Waals surface area contributed by atoms with Crippen molar-refractivity contribution >= 4 is 6.01 Å². The number of nitrogens with two attached hydrogens (primary N) is 1. The molecule has 0 unspecified atom stereocenters. The van der Waals surface area contributed by atoms with E-state index >= 15 is 0 Å².